The number of nitrogens with zero attached hydrogens (tertiary/aromatic N) is 1. The first-order chi connectivity index (χ1) is 7.16. The average molecular weight is 202 g/mol. The number of nitrogens with two attached hydrogens (primary N) is 1. The minimum Gasteiger partial charge on any atom is -0.440 e. The van der Waals surface area contributed by atoms with Crippen molar-refractivity contribution < 1.29 is 9.21 Å². The Labute approximate surface area is 86.7 Å². The molecule has 2 rings (SSSR count). The van der Waals surface area contributed by atoms with Gasteiger partial charge in [0.1, 0.15) is 12.0 Å². The van der Waals surface area contributed by atoms with Crippen LogP contribution in [-0.2, 0) is 0 Å². The molecule has 0 unspecified atom stereocenters. The van der Waals surface area contributed by atoms with E-state index in [0.29, 0.717) is 5.69 Å². The summed E-state index contributed by atoms with van der Waals surface area (Å²) >= 11 is 0. The van der Waals surface area contributed by atoms with Crippen molar-refractivity contribution in [1.82, 2.24) is 4.98 Å². The third-order valence-corrected chi connectivity index (χ3v) is 2.06. The SMILES string of the molecule is Cc1ccc(-c2coc(C(N)=O)n2)cc1. The van der Waals surface area contributed by atoms with Gasteiger partial charge in [0.15, 0.2) is 0 Å². The van der Waals surface area contributed by atoms with Crippen LogP contribution in [0, 0.1) is 6.92 Å². The van der Waals surface area contributed by atoms with E-state index in [1.807, 2.05) is 31.2 Å². The molecule has 2 N–H and O–H groups in total. The van der Waals surface area contributed by atoms with E-state index in [2.05, 4.69) is 4.98 Å². The topological polar surface area (TPSA) is 69.1 Å². The molecule has 0 spiro atoms. The normalized spacial score (nSPS) is 10.2. The first kappa shape index (κ1) is 9.45. The van der Waals surface area contributed by atoms with Crippen LogP contribution in [0.25, 0.3) is 11.3 Å². The fraction of sp³-hybridized carbons (Fsp3) is 0.0909. The number of amides is 1. The number of aromatic nitrogens is 1. The number of primary amides is 1. The molecule has 0 saturated carbocycles. The zero-order valence-electron chi connectivity index (χ0n) is 8.23. The van der Waals surface area contributed by atoms with Crippen LogP contribution in [-0.4, -0.2) is 10.9 Å². The molecular weight excluding hydrogens is 192 g/mol. The number of benzene rings is 1. The van der Waals surface area contributed by atoms with Gasteiger partial charge in [-0.2, -0.15) is 0 Å². The first-order valence-corrected chi connectivity index (χ1v) is 4.49. The smallest absolute Gasteiger partial charge is 0.304 e. The standard InChI is InChI=1S/C11H10N2O2/c1-7-2-4-8(5-3-7)9-6-15-11(13-9)10(12)14/h2-6H,1H3,(H2,12,14). The van der Waals surface area contributed by atoms with E-state index in [9.17, 15) is 4.79 Å². The summed E-state index contributed by atoms with van der Waals surface area (Å²) in [5.41, 5.74) is 7.71. The van der Waals surface area contributed by atoms with E-state index in [1.165, 1.54) is 6.26 Å². The van der Waals surface area contributed by atoms with Crippen LogP contribution in [0.1, 0.15) is 16.2 Å². The molecule has 0 bridgehead atoms. The lowest BCUT2D eigenvalue weighted by Crippen LogP contribution is -2.10. The van der Waals surface area contributed by atoms with Crippen LogP contribution in [0.15, 0.2) is 34.9 Å². The molecule has 4 nitrogen and oxygen atoms in total. The first-order valence-electron chi connectivity index (χ1n) is 4.49. The summed E-state index contributed by atoms with van der Waals surface area (Å²) in [4.78, 5) is 14.7. The maximum Gasteiger partial charge on any atom is 0.304 e. The lowest BCUT2D eigenvalue weighted by Gasteiger charge is -1.95. The Morgan fingerprint density at radius 2 is 2.00 bits per heavy atom. The van der Waals surface area contributed by atoms with Crippen molar-refractivity contribution in [2.24, 2.45) is 5.73 Å². The van der Waals surface area contributed by atoms with Crippen molar-refractivity contribution in [2.75, 3.05) is 0 Å². The van der Waals surface area contributed by atoms with E-state index in [1.54, 1.807) is 0 Å². The van der Waals surface area contributed by atoms with Crippen molar-refractivity contribution >= 4 is 5.91 Å². The van der Waals surface area contributed by atoms with E-state index >= 15 is 0 Å². The van der Waals surface area contributed by atoms with Crippen LogP contribution in [0.3, 0.4) is 0 Å². The quantitative estimate of drug-likeness (QED) is 0.806. The van der Waals surface area contributed by atoms with Gasteiger partial charge < -0.3 is 10.2 Å². The van der Waals surface area contributed by atoms with Gasteiger partial charge in [-0.05, 0) is 6.92 Å². The lowest BCUT2D eigenvalue weighted by molar-refractivity contribution is 0.0967. The van der Waals surface area contributed by atoms with Gasteiger partial charge >= 0.3 is 5.91 Å². The highest BCUT2D eigenvalue weighted by atomic mass is 16.3. The van der Waals surface area contributed by atoms with Gasteiger partial charge in [-0.1, -0.05) is 29.8 Å². The van der Waals surface area contributed by atoms with Crippen molar-refractivity contribution in [3.05, 3.63) is 42.0 Å². The molecule has 15 heavy (non-hydrogen) atoms. The largest absolute Gasteiger partial charge is 0.440 e. The van der Waals surface area contributed by atoms with E-state index < -0.39 is 5.91 Å². The number of carbonyl (C=O) groups excluding carboxylic acids is 1. The molecule has 0 fully saturated rings. The highest BCUT2D eigenvalue weighted by molar-refractivity contribution is 5.88. The number of carbonyl (C=O) groups is 1. The minimum absolute atomic E-state index is 0.0643. The lowest BCUT2D eigenvalue weighted by atomic mass is 10.1. The minimum atomic E-state index is -0.659. The summed E-state index contributed by atoms with van der Waals surface area (Å²) < 4.78 is 4.93. The molecule has 0 radical (unpaired) electrons. The molecule has 1 aromatic carbocycles. The monoisotopic (exact) mass is 202 g/mol. The predicted octanol–water partition coefficient (Wildman–Crippen LogP) is 1.75. The van der Waals surface area contributed by atoms with Gasteiger partial charge in [-0.15, -0.1) is 0 Å². The fourth-order valence-electron chi connectivity index (χ4n) is 1.24. The zero-order chi connectivity index (χ0) is 10.8. The molecule has 76 valence electrons. The molecule has 0 saturated heterocycles. The Hall–Kier alpha value is -2.10. The van der Waals surface area contributed by atoms with Crippen LogP contribution in [0.4, 0.5) is 0 Å². The summed E-state index contributed by atoms with van der Waals surface area (Å²) in [5.74, 6) is -0.723. The summed E-state index contributed by atoms with van der Waals surface area (Å²) in [5, 5.41) is 0. The summed E-state index contributed by atoms with van der Waals surface area (Å²) in [6.45, 7) is 2.00. The van der Waals surface area contributed by atoms with Gasteiger partial charge in [0.25, 0.3) is 5.89 Å². The molecule has 1 heterocycles. The van der Waals surface area contributed by atoms with E-state index in [4.69, 9.17) is 10.2 Å². The highest BCUT2D eigenvalue weighted by Gasteiger charge is 2.09. The highest BCUT2D eigenvalue weighted by Crippen LogP contribution is 2.18. The maximum atomic E-state index is 10.8. The Bertz CT molecular complexity index is 486. The maximum absolute atomic E-state index is 10.8. The Morgan fingerprint density at radius 3 is 2.53 bits per heavy atom. The Kier molecular flexibility index (Phi) is 2.25. The molecular formula is C11H10N2O2. The average Bonchev–Trinajstić information content (AvgIpc) is 2.68. The van der Waals surface area contributed by atoms with Crippen molar-refractivity contribution in [3.63, 3.8) is 0 Å². The summed E-state index contributed by atoms with van der Waals surface area (Å²) in [6, 6.07) is 7.76. The third kappa shape index (κ3) is 1.88. The van der Waals surface area contributed by atoms with Crippen molar-refractivity contribution in [2.45, 2.75) is 6.92 Å². The van der Waals surface area contributed by atoms with Gasteiger partial charge in [-0.3, -0.25) is 4.79 Å². The number of hydrogen-bond donors (Lipinski definition) is 1. The molecule has 0 aliphatic heterocycles. The fourth-order valence-corrected chi connectivity index (χ4v) is 1.24. The van der Waals surface area contributed by atoms with Crippen LogP contribution in [0.5, 0.6) is 0 Å². The number of rotatable bonds is 2. The van der Waals surface area contributed by atoms with E-state index in [-0.39, 0.29) is 5.89 Å². The molecule has 0 atom stereocenters. The van der Waals surface area contributed by atoms with Crippen LogP contribution >= 0.6 is 0 Å². The predicted molar refractivity (Wildman–Crippen MR) is 55.2 cm³/mol. The van der Waals surface area contributed by atoms with Crippen LogP contribution < -0.4 is 5.73 Å². The summed E-state index contributed by atoms with van der Waals surface area (Å²) in [6.07, 6.45) is 1.42. The zero-order valence-corrected chi connectivity index (χ0v) is 8.23. The second-order valence-corrected chi connectivity index (χ2v) is 3.27. The number of oxazole rings is 1. The summed E-state index contributed by atoms with van der Waals surface area (Å²) in [7, 11) is 0. The molecule has 0 aliphatic rings. The second-order valence-electron chi connectivity index (χ2n) is 3.27. The Morgan fingerprint density at radius 1 is 1.33 bits per heavy atom. The number of hydrogen-bond acceptors (Lipinski definition) is 3. The Balaban J connectivity index is 2.37. The molecule has 1 amide bonds. The van der Waals surface area contributed by atoms with Gasteiger partial charge in [0.05, 0.1) is 0 Å². The van der Waals surface area contributed by atoms with Crippen molar-refractivity contribution in [3.8, 4) is 11.3 Å². The molecule has 1 aromatic heterocycles. The van der Waals surface area contributed by atoms with Crippen LogP contribution in [0.2, 0.25) is 0 Å². The van der Waals surface area contributed by atoms with Gasteiger partial charge in [0.2, 0.25) is 0 Å². The van der Waals surface area contributed by atoms with Crippen molar-refractivity contribution in [1.29, 1.82) is 0 Å². The van der Waals surface area contributed by atoms with Gasteiger partial charge in [0, 0.05) is 5.56 Å². The molecule has 0 aliphatic carbocycles. The third-order valence-electron chi connectivity index (χ3n) is 2.06. The second kappa shape index (κ2) is 3.57. The van der Waals surface area contributed by atoms with Gasteiger partial charge in [-0.25, -0.2) is 4.98 Å². The molecule has 4 heteroatoms. The number of aryl methyl sites for hydroxylation is 1. The molecule has 2 aromatic rings. The van der Waals surface area contributed by atoms with E-state index in [0.717, 1.165) is 11.1 Å².